The first kappa shape index (κ1) is 15.3. The van der Waals surface area contributed by atoms with E-state index in [4.69, 9.17) is 21.1 Å². The van der Waals surface area contributed by atoms with E-state index in [0.29, 0.717) is 22.6 Å². The van der Waals surface area contributed by atoms with Crippen LogP contribution in [0.1, 0.15) is 39.5 Å². The van der Waals surface area contributed by atoms with Crippen LogP contribution in [0.2, 0.25) is 5.02 Å². The van der Waals surface area contributed by atoms with Gasteiger partial charge in [0.25, 0.3) is 0 Å². The molecule has 0 radical (unpaired) electrons. The smallest absolute Gasteiger partial charge is 0.162 e. The zero-order valence-electron chi connectivity index (χ0n) is 12.8. The molecule has 1 unspecified atom stereocenters. The van der Waals surface area contributed by atoms with E-state index in [1.165, 1.54) is 25.7 Å². The summed E-state index contributed by atoms with van der Waals surface area (Å²) in [5.74, 6) is 1.36. The summed E-state index contributed by atoms with van der Waals surface area (Å²) in [5.41, 5.74) is 1.21. The fourth-order valence-electron chi connectivity index (χ4n) is 2.91. The molecule has 0 saturated heterocycles. The second-order valence-electron chi connectivity index (χ2n) is 6.12. The summed E-state index contributed by atoms with van der Waals surface area (Å²) in [6.07, 6.45) is 5.00. The molecule has 2 rings (SSSR count). The third-order valence-electron chi connectivity index (χ3n) is 4.31. The number of rotatable bonds is 4. The van der Waals surface area contributed by atoms with Gasteiger partial charge in [0.2, 0.25) is 0 Å². The van der Waals surface area contributed by atoms with E-state index in [9.17, 15) is 0 Å². The SMILES string of the molecule is COc1cc(Cl)c(NC2CCCCC2(C)C)cc1OC. The van der Waals surface area contributed by atoms with Crippen LogP contribution in [0, 0.1) is 5.41 Å². The van der Waals surface area contributed by atoms with Crippen LogP contribution in [0.15, 0.2) is 12.1 Å². The number of ether oxygens (including phenoxy) is 2. The molecule has 0 bridgehead atoms. The van der Waals surface area contributed by atoms with Crippen molar-refractivity contribution in [1.82, 2.24) is 0 Å². The second kappa shape index (κ2) is 6.13. The summed E-state index contributed by atoms with van der Waals surface area (Å²) < 4.78 is 10.6. The van der Waals surface area contributed by atoms with Gasteiger partial charge in [-0.05, 0) is 18.3 Å². The molecule has 1 aromatic rings. The lowest BCUT2D eigenvalue weighted by molar-refractivity contribution is 0.217. The zero-order chi connectivity index (χ0) is 14.8. The monoisotopic (exact) mass is 297 g/mol. The Labute approximate surface area is 126 Å². The summed E-state index contributed by atoms with van der Waals surface area (Å²) in [7, 11) is 3.26. The molecule has 3 nitrogen and oxygen atoms in total. The minimum absolute atomic E-state index is 0.286. The molecule has 1 saturated carbocycles. The molecule has 1 N–H and O–H groups in total. The average molecular weight is 298 g/mol. The van der Waals surface area contributed by atoms with Crippen LogP contribution in [-0.4, -0.2) is 20.3 Å². The van der Waals surface area contributed by atoms with Gasteiger partial charge in [-0.15, -0.1) is 0 Å². The highest BCUT2D eigenvalue weighted by atomic mass is 35.5. The Balaban J connectivity index is 2.24. The van der Waals surface area contributed by atoms with E-state index >= 15 is 0 Å². The molecule has 0 aliphatic heterocycles. The van der Waals surface area contributed by atoms with Crippen molar-refractivity contribution in [1.29, 1.82) is 0 Å². The maximum absolute atomic E-state index is 6.35. The highest BCUT2D eigenvalue weighted by Gasteiger charge is 2.32. The lowest BCUT2D eigenvalue weighted by Gasteiger charge is -2.39. The molecule has 1 aromatic carbocycles. The molecule has 0 amide bonds. The molecule has 1 fully saturated rings. The van der Waals surface area contributed by atoms with Crippen LogP contribution in [0.3, 0.4) is 0 Å². The van der Waals surface area contributed by atoms with Gasteiger partial charge < -0.3 is 14.8 Å². The Hall–Kier alpha value is -1.09. The van der Waals surface area contributed by atoms with E-state index in [-0.39, 0.29) is 5.41 Å². The van der Waals surface area contributed by atoms with Crippen molar-refractivity contribution in [2.24, 2.45) is 5.41 Å². The third kappa shape index (κ3) is 3.14. The van der Waals surface area contributed by atoms with Gasteiger partial charge in [-0.25, -0.2) is 0 Å². The molecule has 1 aliphatic carbocycles. The van der Waals surface area contributed by atoms with Crippen molar-refractivity contribution < 1.29 is 9.47 Å². The topological polar surface area (TPSA) is 30.5 Å². The summed E-state index contributed by atoms with van der Waals surface area (Å²) >= 11 is 6.35. The van der Waals surface area contributed by atoms with Crippen molar-refractivity contribution in [3.8, 4) is 11.5 Å². The van der Waals surface area contributed by atoms with Crippen LogP contribution in [-0.2, 0) is 0 Å². The first-order valence-electron chi connectivity index (χ1n) is 7.16. The molecule has 4 heteroatoms. The van der Waals surface area contributed by atoms with Gasteiger partial charge in [-0.3, -0.25) is 0 Å². The summed E-state index contributed by atoms with van der Waals surface area (Å²) in [6, 6.07) is 4.16. The summed E-state index contributed by atoms with van der Waals surface area (Å²) in [6.45, 7) is 4.64. The zero-order valence-corrected chi connectivity index (χ0v) is 13.5. The van der Waals surface area contributed by atoms with Gasteiger partial charge in [0.15, 0.2) is 11.5 Å². The molecule has 0 spiro atoms. The second-order valence-corrected chi connectivity index (χ2v) is 6.53. The predicted octanol–water partition coefficient (Wildman–Crippen LogP) is 4.74. The van der Waals surface area contributed by atoms with Gasteiger partial charge in [0.1, 0.15) is 0 Å². The quantitative estimate of drug-likeness (QED) is 0.871. The Morgan fingerprint density at radius 1 is 1.15 bits per heavy atom. The molecule has 20 heavy (non-hydrogen) atoms. The Morgan fingerprint density at radius 2 is 1.80 bits per heavy atom. The first-order chi connectivity index (χ1) is 9.47. The van der Waals surface area contributed by atoms with Crippen LogP contribution < -0.4 is 14.8 Å². The molecular weight excluding hydrogens is 274 g/mol. The molecular formula is C16H24ClNO2. The molecule has 1 atom stereocenters. The van der Waals surface area contributed by atoms with Gasteiger partial charge in [0.05, 0.1) is 24.9 Å². The van der Waals surface area contributed by atoms with Crippen molar-refractivity contribution in [3.05, 3.63) is 17.2 Å². The molecule has 0 aromatic heterocycles. The lowest BCUT2D eigenvalue weighted by Crippen LogP contribution is -2.38. The maximum Gasteiger partial charge on any atom is 0.162 e. The number of benzene rings is 1. The fraction of sp³-hybridized carbons (Fsp3) is 0.625. The normalized spacial score (nSPS) is 21.4. The van der Waals surface area contributed by atoms with Crippen LogP contribution in [0.5, 0.6) is 11.5 Å². The summed E-state index contributed by atoms with van der Waals surface area (Å²) in [4.78, 5) is 0. The van der Waals surface area contributed by atoms with Crippen LogP contribution in [0.4, 0.5) is 5.69 Å². The van der Waals surface area contributed by atoms with Crippen molar-refractivity contribution in [2.75, 3.05) is 19.5 Å². The van der Waals surface area contributed by atoms with Crippen LogP contribution in [0.25, 0.3) is 0 Å². The molecule has 1 aliphatic rings. The first-order valence-corrected chi connectivity index (χ1v) is 7.54. The molecule has 112 valence electrons. The minimum atomic E-state index is 0.286. The van der Waals surface area contributed by atoms with E-state index in [1.54, 1.807) is 20.3 Å². The number of hydrogen-bond donors (Lipinski definition) is 1. The Kier molecular flexibility index (Phi) is 4.69. The minimum Gasteiger partial charge on any atom is -0.493 e. The van der Waals surface area contributed by atoms with Crippen molar-refractivity contribution >= 4 is 17.3 Å². The highest BCUT2D eigenvalue weighted by Crippen LogP contribution is 2.41. The highest BCUT2D eigenvalue weighted by molar-refractivity contribution is 6.33. The van der Waals surface area contributed by atoms with Crippen molar-refractivity contribution in [2.45, 2.75) is 45.6 Å². The van der Waals surface area contributed by atoms with E-state index in [2.05, 4.69) is 19.2 Å². The van der Waals surface area contributed by atoms with Gasteiger partial charge in [0, 0.05) is 18.2 Å². The Bertz CT molecular complexity index is 474. The fourth-order valence-corrected chi connectivity index (χ4v) is 3.12. The van der Waals surface area contributed by atoms with Gasteiger partial charge in [-0.2, -0.15) is 0 Å². The average Bonchev–Trinajstić information content (AvgIpc) is 2.42. The number of methoxy groups -OCH3 is 2. The number of nitrogens with one attached hydrogen (secondary N) is 1. The Morgan fingerprint density at radius 3 is 2.40 bits per heavy atom. The van der Waals surface area contributed by atoms with Crippen LogP contribution >= 0.6 is 11.6 Å². The molecule has 0 heterocycles. The number of hydrogen-bond acceptors (Lipinski definition) is 3. The number of anilines is 1. The standard InChI is InChI=1S/C16H24ClNO2/c1-16(2)8-6-5-7-15(16)18-12-10-14(20-4)13(19-3)9-11(12)17/h9-10,15,18H,5-8H2,1-4H3. The van der Waals surface area contributed by atoms with Crippen molar-refractivity contribution in [3.63, 3.8) is 0 Å². The lowest BCUT2D eigenvalue weighted by atomic mass is 9.73. The van der Waals surface area contributed by atoms with Gasteiger partial charge >= 0.3 is 0 Å². The number of halogens is 1. The van der Waals surface area contributed by atoms with E-state index < -0.39 is 0 Å². The third-order valence-corrected chi connectivity index (χ3v) is 4.62. The van der Waals surface area contributed by atoms with Gasteiger partial charge in [-0.1, -0.05) is 38.3 Å². The predicted molar refractivity (Wildman–Crippen MR) is 84.2 cm³/mol. The van der Waals surface area contributed by atoms with E-state index in [0.717, 1.165) is 5.69 Å². The summed E-state index contributed by atoms with van der Waals surface area (Å²) in [5, 5.41) is 4.27. The van der Waals surface area contributed by atoms with E-state index in [1.807, 2.05) is 6.07 Å². The largest absolute Gasteiger partial charge is 0.493 e. The maximum atomic E-state index is 6.35.